The van der Waals surface area contributed by atoms with Gasteiger partial charge in [0.15, 0.2) is 0 Å². The molecule has 4 aromatic rings. The van der Waals surface area contributed by atoms with Crippen molar-refractivity contribution in [1.82, 2.24) is 20.0 Å². The summed E-state index contributed by atoms with van der Waals surface area (Å²) in [4.78, 5) is 14.2. The zero-order valence-electron chi connectivity index (χ0n) is 17.2. The van der Waals surface area contributed by atoms with Crippen molar-refractivity contribution >= 4 is 6.03 Å². The second kappa shape index (κ2) is 9.26. The van der Waals surface area contributed by atoms with Crippen molar-refractivity contribution in [2.45, 2.75) is 13.1 Å². The zero-order chi connectivity index (χ0) is 21.6. The summed E-state index contributed by atoms with van der Waals surface area (Å²) in [6.07, 6.45) is 1.96. The highest BCUT2D eigenvalue weighted by atomic mass is 19.1. The van der Waals surface area contributed by atoms with Gasteiger partial charge >= 0.3 is 6.03 Å². The summed E-state index contributed by atoms with van der Waals surface area (Å²) in [5.74, 6) is -0.295. The normalized spacial score (nSPS) is 10.6. The van der Waals surface area contributed by atoms with Crippen LogP contribution in [0.1, 0.15) is 11.1 Å². The van der Waals surface area contributed by atoms with Crippen LogP contribution in [0, 0.1) is 5.82 Å². The Bertz CT molecular complexity index is 1140. The minimum absolute atomic E-state index is 0.212. The molecular formula is C25H23FN4O. The van der Waals surface area contributed by atoms with Gasteiger partial charge in [-0.3, -0.25) is 0 Å². The molecule has 0 aliphatic carbocycles. The van der Waals surface area contributed by atoms with E-state index in [9.17, 15) is 9.18 Å². The number of amides is 2. The molecule has 0 fully saturated rings. The van der Waals surface area contributed by atoms with Crippen molar-refractivity contribution in [3.8, 4) is 16.9 Å². The van der Waals surface area contributed by atoms with Crippen molar-refractivity contribution in [3.63, 3.8) is 0 Å². The first kappa shape index (κ1) is 20.3. The minimum Gasteiger partial charge on any atom is -0.334 e. The van der Waals surface area contributed by atoms with Gasteiger partial charge < -0.3 is 10.2 Å². The van der Waals surface area contributed by atoms with Gasteiger partial charge in [0, 0.05) is 30.9 Å². The first-order chi connectivity index (χ1) is 15.1. The number of para-hydroxylation sites is 1. The van der Waals surface area contributed by atoms with E-state index >= 15 is 0 Å². The van der Waals surface area contributed by atoms with E-state index < -0.39 is 0 Å². The third-order valence-electron chi connectivity index (χ3n) is 4.97. The smallest absolute Gasteiger partial charge is 0.317 e. The van der Waals surface area contributed by atoms with Crippen LogP contribution in [0.5, 0.6) is 0 Å². The number of aromatic nitrogens is 2. The van der Waals surface area contributed by atoms with E-state index in [1.54, 1.807) is 24.1 Å². The Morgan fingerprint density at radius 3 is 2.29 bits per heavy atom. The number of urea groups is 1. The van der Waals surface area contributed by atoms with Gasteiger partial charge in [-0.25, -0.2) is 13.9 Å². The zero-order valence-corrected chi connectivity index (χ0v) is 17.2. The van der Waals surface area contributed by atoms with Crippen LogP contribution in [0.4, 0.5) is 9.18 Å². The van der Waals surface area contributed by atoms with Crippen LogP contribution in [0.15, 0.2) is 91.1 Å². The SMILES string of the molecule is CN(Cc1cn(-c2ccccc2)nc1-c1ccccc1)C(=O)NCc1ccc(F)cc1. The molecule has 5 nitrogen and oxygen atoms in total. The average Bonchev–Trinajstić information content (AvgIpc) is 3.23. The second-order valence-corrected chi connectivity index (χ2v) is 7.29. The number of carbonyl (C=O) groups is 1. The van der Waals surface area contributed by atoms with Crippen LogP contribution in [-0.4, -0.2) is 27.8 Å². The van der Waals surface area contributed by atoms with Crippen LogP contribution < -0.4 is 5.32 Å². The molecule has 0 bridgehead atoms. The van der Waals surface area contributed by atoms with Gasteiger partial charge in [0.2, 0.25) is 0 Å². The molecule has 0 spiro atoms. The maximum atomic E-state index is 13.1. The molecule has 0 saturated heterocycles. The van der Waals surface area contributed by atoms with Crippen LogP contribution in [0.25, 0.3) is 16.9 Å². The van der Waals surface area contributed by atoms with Crippen LogP contribution in [0.3, 0.4) is 0 Å². The standard InChI is InChI=1S/C25H23FN4O/c1-29(25(31)27-16-19-12-14-22(26)15-13-19)17-21-18-30(23-10-6-3-7-11-23)28-24(21)20-8-4-2-5-9-20/h2-15,18H,16-17H2,1H3,(H,27,31). The lowest BCUT2D eigenvalue weighted by Gasteiger charge is -2.18. The molecule has 4 rings (SSSR count). The van der Waals surface area contributed by atoms with Gasteiger partial charge in [-0.05, 0) is 29.8 Å². The van der Waals surface area contributed by atoms with E-state index in [0.29, 0.717) is 13.1 Å². The van der Waals surface area contributed by atoms with Gasteiger partial charge in [0.05, 0.1) is 17.9 Å². The molecule has 0 aliphatic heterocycles. The lowest BCUT2D eigenvalue weighted by Crippen LogP contribution is -2.36. The average molecular weight is 414 g/mol. The van der Waals surface area contributed by atoms with E-state index in [-0.39, 0.29) is 11.8 Å². The quantitative estimate of drug-likeness (QED) is 0.482. The molecule has 0 aliphatic rings. The maximum absolute atomic E-state index is 13.1. The van der Waals surface area contributed by atoms with Crippen LogP contribution in [0.2, 0.25) is 0 Å². The third kappa shape index (κ3) is 4.98. The summed E-state index contributed by atoms with van der Waals surface area (Å²) >= 11 is 0. The highest BCUT2D eigenvalue weighted by molar-refractivity contribution is 5.74. The van der Waals surface area contributed by atoms with Crippen LogP contribution in [-0.2, 0) is 13.1 Å². The molecule has 1 aromatic heterocycles. The summed E-state index contributed by atoms with van der Waals surface area (Å²) in [5, 5.41) is 7.66. The Kier molecular flexibility index (Phi) is 6.08. The number of rotatable bonds is 6. The fraction of sp³-hybridized carbons (Fsp3) is 0.120. The fourth-order valence-corrected chi connectivity index (χ4v) is 3.32. The Labute approximate surface area is 180 Å². The molecule has 0 unspecified atom stereocenters. The molecule has 31 heavy (non-hydrogen) atoms. The number of carbonyl (C=O) groups excluding carboxylic acids is 1. The maximum Gasteiger partial charge on any atom is 0.317 e. The van der Waals surface area contributed by atoms with Gasteiger partial charge in [0.25, 0.3) is 0 Å². The monoisotopic (exact) mass is 414 g/mol. The number of hydrogen-bond donors (Lipinski definition) is 1. The summed E-state index contributed by atoms with van der Waals surface area (Å²) in [7, 11) is 1.74. The number of nitrogens with zero attached hydrogens (tertiary/aromatic N) is 3. The number of nitrogens with one attached hydrogen (secondary N) is 1. The molecular weight excluding hydrogens is 391 g/mol. The van der Waals surface area contributed by atoms with Gasteiger partial charge in [-0.2, -0.15) is 5.10 Å². The number of benzene rings is 3. The molecule has 1 N–H and O–H groups in total. The minimum atomic E-state index is -0.295. The van der Waals surface area contributed by atoms with E-state index in [1.807, 2.05) is 71.5 Å². The molecule has 0 radical (unpaired) electrons. The summed E-state index contributed by atoms with van der Waals surface area (Å²) in [6, 6.07) is 25.7. The summed E-state index contributed by atoms with van der Waals surface area (Å²) in [5.41, 5.74) is 4.56. The second-order valence-electron chi connectivity index (χ2n) is 7.29. The van der Waals surface area contributed by atoms with Gasteiger partial charge in [-0.1, -0.05) is 60.7 Å². The van der Waals surface area contributed by atoms with Gasteiger partial charge in [0.1, 0.15) is 5.82 Å². The molecule has 6 heteroatoms. The van der Waals surface area contributed by atoms with E-state index in [4.69, 9.17) is 5.10 Å². The Morgan fingerprint density at radius 2 is 1.61 bits per heavy atom. The van der Waals surface area contributed by atoms with Crippen molar-refractivity contribution in [2.75, 3.05) is 7.05 Å². The summed E-state index contributed by atoms with van der Waals surface area (Å²) < 4.78 is 14.9. The Morgan fingerprint density at radius 1 is 0.968 bits per heavy atom. The van der Waals surface area contributed by atoms with Crippen molar-refractivity contribution in [3.05, 3.63) is 108 Å². The van der Waals surface area contributed by atoms with E-state index in [0.717, 1.165) is 28.1 Å². The summed E-state index contributed by atoms with van der Waals surface area (Å²) in [6.45, 7) is 0.727. The molecule has 156 valence electrons. The molecule has 1 heterocycles. The fourth-order valence-electron chi connectivity index (χ4n) is 3.32. The first-order valence-electron chi connectivity index (χ1n) is 10.0. The predicted octanol–water partition coefficient (Wildman–Crippen LogP) is 5.02. The molecule has 3 aromatic carbocycles. The third-order valence-corrected chi connectivity index (χ3v) is 4.97. The lowest BCUT2D eigenvalue weighted by atomic mass is 10.1. The Hall–Kier alpha value is -3.93. The largest absolute Gasteiger partial charge is 0.334 e. The van der Waals surface area contributed by atoms with E-state index in [2.05, 4.69) is 5.32 Å². The number of halogens is 1. The van der Waals surface area contributed by atoms with Crippen molar-refractivity contribution in [2.24, 2.45) is 0 Å². The highest BCUT2D eigenvalue weighted by Gasteiger charge is 2.16. The molecule has 0 saturated carbocycles. The van der Waals surface area contributed by atoms with Crippen LogP contribution >= 0.6 is 0 Å². The Balaban J connectivity index is 1.52. The lowest BCUT2D eigenvalue weighted by molar-refractivity contribution is 0.206. The first-order valence-corrected chi connectivity index (χ1v) is 10.0. The highest BCUT2D eigenvalue weighted by Crippen LogP contribution is 2.24. The van der Waals surface area contributed by atoms with E-state index in [1.165, 1.54) is 12.1 Å². The number of hydrogen-bond acceptors (Lipinski definition) is 2. The molecule has 2 amide bonds. The predicted molar refractivity (Wildman–Crippen MR) is 119 cm³/mol. The topological polar surface area (TPSA) is 50.2 Å². The van der Waals surface area contributed by atoms with Crippen molar-refractivity contribution in [1.29, 1.82) is 0 Å². The van der Waals surface area contributed by atoms with Gasteiger partial charge in [-0.15, -0.1) is 0 Å². The van der Waals surface area contributed by atoms with Crippen molar-refractivity contribution < 1.29 is 9.18 Å². The molecule has 0 atom stereocenters.